The molecule has 7 nitrogen and oxygen atoms in total. The van der Waals surface area contributed by atoms with E-state index in [-0.39, 0.29) is 6.04 Å². The third-order valence-corrected chi connectivity index (χ3v) is 6.70. The van der Waals surface area contributed by atoms with Gasteiger partial charge in [0.25, 0.3) is 0 Å². The van der Waals surface area contributed by atoms with Gasteiger partial charge in [-0.3, -0.25) is 9.67 Å². The van der Waals surface area contributed by atoms with E-state index < -0.39 is 0 Å². The molecule has 35 heavy (non-hydrogen) atoms. The van der Waals surface area contributed by atoms with Gasteiger partial charge < -0.3 is 11.1 Å². The number of fused-ring (bicyclic) bond motifs is 1. The fraction of sp³-hybridized carbons (Fsp3) is 0.259. The summed E-state index contributed by atoms with van der Waals surface area (Å²) in [5.41, 5.74) is 11.7. The first kappa shape index (κ1) is 23.1. The first-order valence-electron chi connectivity index (χ1n) is 11.8. The van der Waals surface area contributed by atoms with E-state index in [4.69, 9.17) is 15.7 Å². The number of nitrogens with one attached hydrogen (secondary N) is 1. The number of pyridine rings is 1. The molecule has 0 saturated carbocycles. The van der Waals surface area contributed by atoms with E-state index in [0.717, 1.165) is 45.7 Å². The molecule has 0 aliphatic rings. The molecule has 4 heterocycles. The van der Waals surface area contributed by atoms with Gasteiger partial charge in [0, 0.05) is 59.8 Å². The number of anilines is 1. The third kappa shape index (κ3) is 5.39. The minimum Gasteiger partial charge on any atom is -0.367 e. The zero-order chi connectivity index (χ0) is 24.2. The lowest BCUT2D eigenvalue weighted by molar-refractivity contribution is 0.483. The van der Waals surface area contributed by atoms with Crippen LogP contribution in [0.15, 0.2) is 72.6 Å². The number of hydrogen-bond acceptors (Lipinski definition) is 7. The first-order valence-corrected chi connectivity index (χ1v) is 12.7. The largest absolute Gasteiger partial charge is 0.367 e. The predicted octanol–water partition coefficient (Wildman–Crippen LogP) is 5.25. The van der Waals surface area contributed by atoms with Gasteiger partial charge >= 0.3 is 0 Å². The van der Waals surface area contributed by atoms with Gasteiger partial charge in [0.05, 0.1) is 16.4 Å². The highest BCUT2D eigenvalue weighted by molar-refractivity contribution is 7.18. The van der Waals surface area contributed by atoms with Crippen LogP contribution in [0.3, 0.4) is 0 Å². The summed E-state index contributed by atoms with van der Waals surface area (Å²) in [6.07, 6.45) is 8.33. The van der Waals surface area contributed by atoms with Gasteiger partial charge in [-0.1, -0.05) is 44.2 Å². The molecule has 3 N–H and O–H groups in total. The average Bonchev–Trinajstić information content (AvgIpc) is 3.50. The summed E-state index contributed by atoms with van der Waals surface area (Å²) >= 11 is 1.64. The molecule has 0 radical (unpaired) electrons. The summed E-state index contributed by atoms with van der Waals surface area (Å²) in [6.45, 7) is 5.87. The SMILES string of the molecule is CC(C)Cn1cc(-c2csc3c(NCC(N)Cc4ccccc4)nc(-c4ccncc4)nc23)cn1. The molecule has 1 atom stereocenters. The molecular formula is C27H29N7S. The van der Waals surface area contributed by atoms with Crippen molar-refractivity contribution in [2.75, 3.05) is 11.9 Å². The second kappa shape index (κ2) is 10.3. The van der Waals surface area contributed by atoms with Crippen molar-refractivity contribution in [3.63, 3.8) is 0 Å². The van der Waals surface area contributed by atoms with Crippen molar-refractivity contribution in [2.24, 2.45) is 11.7 Å². The van der Waals surface area contributed by atoms with Crippen molar-refractivity contribution in [2.45, 2.75) is 32.9 Å². The Morgan fingerprint density at radius 1 is 1.03 bits per heavy atom. The summed E-state index contributed by atoms with van der Waals surface area (Å²) < 4.78 is 3.01. The number of rotatable bonds is 9. The van der Waals surface area contributed by atoms with Gasteiger partial charge in [-0.2, -0.15) is 5.10 Å². The van der Waals surface area contributed by atoms with E-state index in [1.807, 2.05) is 41.2 Å². The van der Waals surface area contributed by atoms with Gasteiger partial charge in [0.2, 0.25) is 0 Å². The monoisotopic (exact) mass is 483 g/mol. The fourth-order valence-electron chi connectivity index (χ4n) is 4.07. The Morgan fingerprint density at radius 2 is 1.83 bits per heavy atom. The van der Waals surface area contributed by atoms with Crippen LogP contribution in [-0.4, -0.2) is 37.3 Å². The summed E-state index contributed by atoms with van der Waals surface area (Å²) in [7, 11) is 0. The molecule has 0 spiro atoms. The van der Waals surface area contributed by atoms with Gasteiger partial charge in [-0.25, -0.2) is 9.97 Å². The van der Waals surface area contributed by atoms with Crippen LogP contribution in [0.1, 0.15) is 19.4 Å². The highest BCUT2D eigenvalue weighted by Crippen LogP contribution is 2.37. The minimum absolute atomic E-state index is 0.0412. The maximum atomic E-state index is 6.46. The molecule has 178 valence electrons. The van der Waals surface area contributed by atoms with Crippen LogP contribution < -0.4 is 11.1 Å². The topological polar surface area (TPSA) is 94.5 Å². The fourth-order valence-corrected chi connectivity index (χ4v) is 5.05. The van der Waals surface area contributed by atoms with Crippen LogP contribution in [0.25, 0.3) is 32.7 Å². The number of hydrogen-bond donors (Lipinski definition) is 2. The zero-order valence-corrected chi connectivity index (χ0v) is 20.7. The highest BCUT2D eigenvalue weighted by Gasteiger charge is 2.17. The number of nitrogens with two attached hydrogens (primary N) is 1. The lowest BCUT2D eigenvalue weighted by Crippen LogP contribution is -2.31. The van der Waals surface area contributed by atoms with Crippen molar-refractivity contribution >= 4 is 27.4 Å². The second-order valence-corrected chi connectivity index (χ2v) is 10.0. The van der Waals surface area contributed by atoms with Gasteiger partial charge in [-0.05, 0) is 30.0 Å². The zero-order valence-electron chi connectivity index (χ0n) is 19.9. The molecule has 8 heteroatoms. The lowest BCUT2D eigenvalue weighted by Gasteiger charge is -2.14. The predicted molar refractivity (Wildman–Crippen MR) is 143 cm³/mol. The quantitative estimate of drug-likeness (QED) is 0.297. The number of aromatic nitrogens is 5. The highest BCUT2D eigenvalue weighted by atomic mass is 32.1. The molecule has 1 aromatic carbocycles. The van der Waals surface area contributed by atoms with E-state index in [2.05, 4.69) is 53.0 Å². The minimum atomic E-state index is -0.0412. The smallest absolute Gasteiger partial charge is 0.162 e. The number of thiophene rings is 1. The summed E-state index contributed by atoms with van der Waals surface area (Å²) in [4.78, 5) is 14.0. The maximum absolute atomic E-state index is 6.46. The van der Waals surface area contributed by atoms with Crippen LogP contribution in [0.5, 0.6) is 0 Å². The Labute approximate surface area is 209 Å². The Kier molecular flexibility index (Phi) is 6.83. The van der Waals surface area contributed by atoms with E-state index in [0.29, 0.717) is 18.3 Å². The number of benzene rings is 1. The lowest BCUT2D eigenvalue weighted by atomic mass is 10.1. The molecule has 0 bridgehead atoms. The Bertz CT molecular complexity index is 1390. The van der Waals surface area contributed by atoms with Crippen molar-refractivity contribution in [1.29, 1.82) is 0 Å². The van der Waals surface area contributed by atoms with Crippen molar-refractivity contribution in [3.05, 3.63) is 78.2 Å². The summed E-state index contributed by atoms with van der Waals surface area (Å²) in [6, 6.07) is 14.1. The third-order valence-electron chi connectivity index (χ3n) is 5.72. The van der Waals surface area contributed by atoms with Crippen LogP contribution in [0.2, 0.25) is 0 Å². The van der Waals surface area contributed by atoms with E-state index in [1.54, 1.807) is 23.7 Å². The van der Waals surface area contributed by atoms with Crippen LogP contribution in [0, 0.1) is 5.92 Å². The van der Waals surface area contributed by atoms with E-state index in [9.17, 15) is 0 Å². The molecule has 0 aliphatic heterocycles. The molecular weight excluding hydrogens is 454 g/mol. The van der Waals surface area contributed by atoms with Crippen LogP contribution in [0.4, 0.5) is 5.82 Å². The molecule has 5 aromatic rings. The van der Waals surface area contributed by atoms with Crippen LogP contribution >= 0.6 is 11.3 Å². The second-order valence-electron chi connectivity index (χ2n) is 9.13. The van der Waals surface area contributed by atoms with Crippen molar-refractivity contribution in [3.8, 4) is 22.5 Å². The summed E-state index contributed by atoms with van der Waals surface area (Å²) in [5, 5.41) is 10.2. The molecule has 0 aliphatic carbocycles. The van der Waals surface area contributed by atoms with Crippen molar-refractivity contribution in [1.82, 2.24) is 24.7 Å². The average molecular weight is 484 g/mol. The van der Waals surface area contributed by atoms with E-state index in [1.165, 1.54) is 5.56 Å². The molecule has 0 amide bonds. The summed E-state index contributed by atoms with van der Waals surface area (Å²) in [5.74, 6) is 1.99. The number of nitrogens with zero attached hydrogens (tertiary/aromatic N) is 5. The Balaban J connectivity index is 1.48. The molecule has 0 saturated heterocycles. The Morgan fingerprint density at radius 3 is 2.60 bits per heavy atom. The molecule has 4 aromatic heterocycles. The maximum Gasteiger partial charge on any atom is 0.162 e. The standard InChI is InChI=1S/C27H29N7S/c1-18(2)15-34-16-21(13-31-34)23-17-35-25-24(23)32-26(20-8-10-29-11-9-20)33-27(25)30-14-22(28)12-19-6-4-3-5-7-19/h3-11,13,16-18,22H,12,14-15,28H2,1-2H3,(H,30,32,33). The van der Waals surface area contributed by atoms with Crippen molar-refractivity contribution < 1.29 is 0 Å². The normalized spacial score (nSPS) is 12.3. The van der Waals surface area contributed by atoms with Gasteiger partial charge in [-0.15, -0.1) is 11.3 Å². The first-order chi connectivity index (χ1) is 17.1. The molecule has 5 rings (SSSR count). The van der Waals surface area contributed by atoms with E-state index >= 15 is 0 Å². The Hall–Kier alpha value is -3.62. The van der Waals surface area contributed by atoms with Crippen LogP contribution in [-0.2, 0) is 13.0 Å². The molecule has 1 unspecified atom stereocenters. The van der Waals surface area contributed by atoms with Gasteiger partial charge in [0.1, 0.15) is 5.82 Å². The van der Waals surface area contributed by atoms with Gasteiger partial charge in [0.15, 0.2) is 5.82 Å². The molecule has 0 fully saturated rings.